The van der Waals surface area contributed by atoms with Crippen LogP contribution in [0.2, 0.25) is 0 Å². The van der Waals surface area contributed by atoms with Crippen LogP contribution in [0, 0.1) is 0 Å². The zero-order valence-electron chi connectivity index (χ0n) is 20.2. The molecule has 2 heterocycles. The number of benzene rings is 2. The Morgan fingerprint density at radius 3 is 2.59 bits per heavy atom. The number of rotatable bonds is 7. The van der Waals surface area contributed by atoms with Crippen molar-refractivity contribution in [2.24, 2.45) is 0 Å². The highest BCUT2D eigenvalue weighted by atomic mass is 16.5. The second-order valence-electron chi connectivity index (χ2n) is 9.31. The molecule has 0 aliphatic carbocycles. The minimum atomic E-state index is -0.680. The Bertz CT molecular complexity index is 1100. The number of likely N-dealkylation sites (tertiary alicyclic amines) is 1. The zero-order chi connectivity index (χ0) is 24.4. The first kappa shape index (κ1) is 23.8. The molecule has 0 spiro atoms. The number of ether oxygens (including phenoxy) is 2. The van der Waals surface area contributed by atoms with Crippen LogP contribution in [0.15, 0.2) is 48.0 Å². The van der Waals surface area contributed by atoms with Crippen LogP contribution in [0.4, 0.5) is 0 Å². The average molecular weight is 465 g/mol. The van der Waals surface area contributed by atoms with E-state index >= 15 is 0 Å². The summed E-state index contributed by atoms with van der Waals surface area (Å²) in [5.41, 5.74) is 2.36. The lowest BCUT2D eigenvalue weighted by atomic mass is 9.94. The van der Waals surface area contributed by atoms with Gasteiger partial charge in [0.2, 0.25) is 0 Å². The van der Waals surface area contributed by atoms with E-state index < -0.39 is 17.7 Å². The Morgan fingerprint density at radius 2 is 1.91 bits per heavy atom. The fourth-order valence-corrected chi connectivity index (χ4v) is 4.43. The first-order valence-electron chi connectivity index (χ1n) is 11.7. The number of nitrogens with zero attached hydrogens (tertiary/aromatic N) is 2. The molecule has 34 heavy (non-hydrogen) atoms. The molecule has 180 valence electrons. The summed E-state index contributed by atoms with van der Waals surface area (Å²) < 4.78 is 11.4. The Morgan fingerprint density at radius 1 is 1.18 bits per heavy atom. The van der Waals surface area contributed by atoms with Gasteiger partial charge in [0, 0.05) is 18.7 Å². The molecule has 1 saturated heterocycles. The van der Waals surface area contributed by atoms with E-state index in [-0.39, 0.29) is 17.4 Å². The van der Waals surface area contributed by atoms with E-state index in [4.69, 9.17) is 9.47 Å². The van der Waals surface area contributed by atoms with Crippen molar-refractivity contribution in [1.82, 2.24) is 9.80 Å². The zero-order valence-corrected chi connectivity index (χ0v) is 20.2. The van der Waals surface area contributed by atoms with Crippen LogP contribution in [0.3, 0.4) is 0 Å². The second kappa shape index (κ2) is 9.89. The van der Waals surface area contributed by atoms with Gasteiger partial charge in [0.1, 0.15) is 17.3 Å². The van der Waals surface area contributed by atoms with Gasteiger partial charge in [-0.3, -0.25) is 9.59 Å². The van der Waals surface area contributed by atoms with Crippen molar-refractivity contribution in [2.75, 3.05) is 33.8 Å². The number of aryl methyl sites for hydroxylation is 1. The molecule has 2 aromatic carbocycles. The molecule has 1 N–H and O–H groups in total. The van der Waals surface area contributed by atoms with Gasteiger partial charge >= 0.3 is 0 Å². The number of carbonyl (C=O) groups is 2. The maximum absolute atomic E-state index is 13.2. The Balaban J connectivity index is 1.78. The van der Waals surface area contributed by atoms with Crippen LogP contribution < -0.4 is 9.47 Å². The monoisotopic (exact) mass is 464 g/mol. The number of hydrogen-bond acceptors (Lipinski definition) is 6. The number of carbonyl (C=O) groups excluding carboxylic acids is 2. The Hall–Kier alpha value is -3.32. The molecule has 0 radical (unpaired) electrons. The fourth-order valence-electron chi connectivity index (χ4n) is 4.43. The SMILES string of the molecule is CC(C)Oc1ccc(C2/C(=C(/O)c3ccc4c(c3)CCCO4)C(=O)C(=O)N2CCN(C)C)cc1. The van der Waals surface area contributed by atoms with E-state index in [0.29, 0.717) is 31.0 Å². The number of hydrogen-bond donors (Lipinski definition) is 1. The number of amides is 1. The molecule has 1 amide bonds. The summed E-state index contributed by atoms with van der Waals surface area (Å²) in [7, 11) is 3.83. The van der Waals surface area contributed by atoms with E-state index in [0.717, 1.165) is 29.7 Å². The average Bonchev–Trinajstić information content (AvgIpc) is 3.07. The van der Waals surface area contributed by atoms with Gasteiger partial charge in [-0.05, 0) is 82.2 Å². The first-order valence-corrected chi connectivity index (χ1v) is 11.7. The summed E-state index contributed by atoms with van der Waals surface area (Å²) >= 11 is 0. The number of ketones is 1. The van der Waals surface area contributed by atoms with Crippen LogP contribution in [0.25, 0.3) is 5.76 Å². The summed E-state index contributed by atoms with van der Waals surface area (Å²) in [6.45, 7) is 5.53. The van der Waals surface area contributed by atoms with Gasteiger partial charge in [0.15, 0.2) is 0 Å². The van der Waals surface area contributed by atoms with Gasteiger partial charge in [-0.15, -0.1) is 0 Å². The molecular weight excluding hydrogens is 432 g/mol. The minimum Gasteiger partial charge on any atom is -0.507 e. The maximum atomic E-state index is 13.2. The lowest BCUT2D eigenvalue weighted by Gasteiger charge is -2.27. The number of fused-ring (bicyclic) bond motifs is 1. The molecule has 1 atom stereocenters. The molecule has 2 aliphatic heterocycles. The third-order valence-corrected chi connectivity index (χ3v) is 6.08. The van der Waals surface area contributed by atoms with Crippen molar-refractivity contribution in [2.45, 2.75) is 38.8 Å². The highest BCUT2D eigenvalue weighted by Crippen LogP contribution is 2.40. The van der Waals surface area contributed by atoms with Crippen LogP contribution in [-0.4, -0.2) is 66.5 Å². The van der Waals surface area contributed by atoms with Crippen LogP contribution >= 0.6 is 0 Å². The normalized spacial score (nSPS) is 19.5. The summed E-state index contributed by atoms with van der Waals surface area (Å²) in [4.78, 5) is 29.8. The summed E-state index contributed by atoms with van der Waals surface area (Å²) in [5, 5.41) is 11.3. The van der Waals surface area contributed by atoms with Gasteiger partial charge in [0.05, 0.1) is 24.3 Å². The summed E-state index contributed by atoms with van der Waals surface area (Å²) in [5.74, 6) is 0.0757. The van der Waals surface area contributed by atoms with E-state index in [2.05, 4.69) is 0 Å². The minimum absolute atomic E-state index is 0.0320. The lowest BCUT2D eigenvalue weighted by Crippen LogP contribution is -2.35. The predicted octanol–water partition coefficient (Wildman–Crippen LogP) is 3.78. The molecule has 2 aromatic rings. The van der Waals surface area contributed by atoms with Crippen molar-refractivity contribution in [3.63, 3.8) is 0 Å². The van der Waals surface area contributed by atoms with Crippen molar-refractivity contribution < 1.29 is 24.2 Å². The van der Waals surface area contributed by atoms with E-state index in [1.165, 1.54) is 0 Å². The molecule has 1 fully saturated rings. The van der Waals surface area contributed by atoms with Gasteiger partial charge in [-0.2, -0.15) is 0 Å². The maximum Gasteiger partial charge on any atom is 0.295 e. The second-order valence-corrected chi connectivity index (χ2v) is 9.31. The summed E-state index contributed by atoms with van der Waals surface area (Å²) in [6, 6.07) is 12.1. The van der Waals surface area contributed by atoms with Crippen molar-refractivity contribution in [3.8, 4) is 11.5 Å². The largest absolute Gasteiger partial charge is 0.507 e. The van der Waals surface area contributed by atoms with Gasteiger partial charge in [-0.25, -0.2) is 0 Å². The quantitative estimate of drug-likeness (QED) is 0.382. The molecule has 1 unspecified atom stereocenters. The first-order chi connectivity index (χ1) is 16.3. The van der Waals surface area contributed by atoms with Crippen LogP contribution in [0.1, 0.15) is 43.0 Å². The van der Waals surface area contributed by atoms with Crippen molar-refractivity contribution >= 4 is 17.4 Å². The highest BCUT2D eigenvalue weighted by molar-refractivity contribution is 6.46. The number of likely N-dealkylation sites (N-methyl/N-ethyl adjacent to an activating group) is 1. The molecule has 2 aliphatic rings. The van der Waals surface area contributed by atoms with Gasteiger partial charge in [0.25, 0.3) is 11.7 Å². The molecule has 0 aromatic heterocycles. The predicted molar refractivity (Wildman–Crippen MR) is 130 cm³/mol. The molecular formula is C27H32N2O5. The number of Topliss-reactive ketones (excluding diaryl/α,β-unsaturated/α-hetero) is 1. The smallest absolute Gasteiger partial charge is 0.295 e. The van der Waals surface area contributed by atoms with E-state index in [9.17, 15) is 14.7 Å². The Labute approximate surface area is 200 Å². The third kappa shape index (κ3) is 4.80. The van der Waals surface area contributed by atoms with Crippen LogP contribution in [0.5, 0.6) is 11.5 Å². The van der Waals surface area contributed by atoms with E-state index in [1.807, 2.05) is 69.2 Å². The fraction of sp³-hybridized carbons (Fsp3) is 0.407. The number of aliphatic hydroxyl groups excluding tert-OH is 1. The highest BCUT2D eigenvalue weighted by Gasteiger charge is 2.46. The molecule has 7 nitrogen and oxygen atoms in total. The molecule has 0 bridgehead atoms. The Kier molecular flexibility index (Phi) is 6.93. The van der Waals surface area contributed by atoms with Crippen molar-refractivity contribution in [3.05, 3.63) is 64.7 Å². The lowest BCUT2D eigenvalue weighted by molar-refractivity contribution is -0.140. The van der Waals surface area contributed by atoms with Crippen molar-refractivity contribution in [1.29, 1.82) is 0 Å². The number of aliphatic hydroxyl groups is 1. The summed E-state index contributed by atoms with van der Waals surface area (Å²) in [6.07, 6.45) is 1.77. The topological polar surface area (TPSA) is 79.3 Å². The molecule has 7 heteroatoms. The third-order valence-electron chi connectivity index (χ3n) is 6.08. The molecule has 0 saturated carbocycles. The molecule has 4 rings (SSSR count). The van der Waals surface area contributed by atoms with E-state index in [1.54, 1.807) is 11.0 Å². The van der Waals surface area contributed by atoms with Crippen LogP contribution in [-0.2, 0) is 16.0 Å². The standard InChI is InChI=1S/C27H32N2O5/c1-17(2)34-21-10-7-18(8-11-21)24-23(26(31)27(32)29(24)14-13-28(3)4)25(30)20-9-12-22-19(16-20)6-5-15-33-22/h7-12,16-17,24,30H,5-6,13-15H2,1-4H3/b25-23-. The van der Waals surface area contributed by atoms with Gasteiger partial charge in [-0.1, -0.05) is 12.1 Å². The van der Waals surface area contributed by atoms with Gasteiger partial charge < -0.3 is 24.4 Å².